The van der Waals surface area contributed by atoms with Gasteiger partial charge in [-0.25, -0.2) is 4.79 Å². The Hall–Kier alpha value is -4.10. The Kier molecular flexibility index (Phi) is 10.5. The number of anilines is 1. The van der Waals surface area contributed by atoms with Gasteiger partial charge in [-0.2, -0.15) is 5.26 Å². The van der Waals surface area contributed by atoms with Crippen LogP contribution in [0.3, 0.4) is 0 Å². The van der Waals surface area contributed by atoms with Gasteiger partial charge in [-0.15, -0.1) is 0 Å². The number of nitrogens with one attached hydrogen (secondary N) is 2. The average Bonchev–Trinajstić information content (AvgIpc) is 2.81. The van der Waals surface area contributed by atoms with Gasteiger partial charge in [-0.05, 0) is 64.3 Å². The van der Waals surface area contributed by atoms with E-state index in [2.05, 4.69) is 10.6 Å². The molecule has 2 aromatic rings. The topological polar surface area (TPSA) is 155 Å². The van der Waals surface area contributed by atoms with Crippen LogP contribution < -0.4 is 16.4 Å². The minimum Gasteiger partial charge on any atom is -0.444 e. The smallest absolute Gasteiger partial charge is 0.408 e. The molecule has 39 heavy (non-hydrogen) atoms. The third-order valence-electron chi connectivity index (χ3n) is 5.68. The van der Waals surface area contributed by atoms with Crippen LogP contribution in [0.2, 0.25) is 5.02 Å². The van der Waals surface area contributed by atoms with Crippen LogP contribution in [0.1, 0.15) is 55.5 Å². The number of nitrogens with two attached hydrogens (primary N) is 1. The second-order valence-electron chi connectivity index (χ2n) is 10.2. The Morgan fingerprint density at radius 1 is 1.10 bits per heavy atom. The molecule has 208 valence electrons. The number of rotatable bonds is 9. The minimum atomic E-state index is -1.49. The number of amides is 4. The molecule has 2 aromatic carbocycles. The van der Waals surface area contributed by atoms with E-state index in [-0.39, 0.29) is 0 Å². The van der Waals surface area contributed by atoms with Crippen molar-refractivity contribution in [3.8, 4) is 6.07 Å². The normalized spacial score (nSPS) is 12.5. The first-order valence-electron chi connectivity index (χ1n) is 12.2. The van der Waals surface area contributed by atoms with Crippen LogP contribution in [-0.2, 0) is 19.1 Å². The van der Waals surface area contributed by atoms with Gasteiger partial charge in [-0.1, -0.05) is 47.5 Å². The number of benzene rings is 2. The number of aryl methyl sites for hydroxylation is 3. The molecule has 0 aromatic heterocycles. The summed E-state index contributed by atoms with van der Waals surface area (Å²) in [6.45, 7) is 9.74. The lowest BCUT2D eigenvalue weighted by Crippen LogP contribution is -2.53. The van der Waals surface area contributed by atoms with Gasteiger partial charge in [0.1, 0.15) is 24.2 Å². The summed E-state index contributed by atoms with van der Waals surface area (Å²) in [5.41, 5.74) is 7.47. The first-order chi connectivity index (χ1) is 18.1. The van der Waals surface area contributed by atoms with Crippen molar-refractivity contribution in [2.45, 2.75) is 65.6 Å². The molecular formula is C28H34ClN5O5. The fourth-order valence-corrected chi connectivity index (χ4v) is 4.18. The Morgan fingerprint density at radius 2 is 1.77 bits per heavy atom. The van der Waals surface area contributed by atoms with E-state index in [0.29, 0.717) is 27.4 Å². The zero-order valence-corrected chi connectivity index (χ0v) is 23.7. The van der Waals surface area contributed by atoms with Crippen molar-refractivity contribution in [2.75, 3.05) is 11.9 Å². The summed E-state index contributed by atoms with van der Waals surface area (Å²) in [5.74, 6) is -2.38. The van der Waals surface area contributed by atoms with E-state index < -0.39 is 54.5 Å². The number of hydrogen-bond acceptors (Lipinski definition) is 6. The quantitative estimate of drug-likeness (QED) is 0.396. The first-order valence-corrected chi connectivity index (χ1v) is 12.6. The van der Waals surface area contributed by atoms with Crippen molar-refractivity contribution in [3.63, 3.8) is 0 Å². The van der Waals surface area contributed by atoms with Crippen LogP contribution in [0.5, 0.6) is 0 Å². The highest BCUT2D eigenvalue weighted by Crippen LogP contribution is 2.31. The number of halogens is 1. The molecule has 4 amide bonds. The van der Waals surface area contributed by atoms with E-state index in [1.807, 2.05) is 19.1 Å². The van der Waals surface area contributed by atoms with E-state index in [1.54, 1.807) is 65.0 Å². The van der Waals surface area contributed by atoms with Crippen molar-refractivity contribution in [3.05, 3.63) is 63.7 Å². The molecule has 0 heterocycles. The molecule has 2 rings (SSSR count). The van der Waals surface area contributed by atoms with Crippen molar-refractivity contribution < 1.29 is 23.9 Å². The number of carbonyl (C=O) groups excluding carboxylic acids is 4. The van der Waals surface area contributed by atoms with Crippen LogP contribution in [0.4, 0.5) is 10.5 Å². The number of alkyl carbamates (subject to hydrolysis) is 1. The summed E-state index contributed by atoms with van der Waals surface area (Å²) in [4.78, 5) is 53.1. The molecule has 0 saturated heterocycles. The number of nitriles is 1. The van der Waals surface area contributed by atoms with E-state index in [9.17, 15) is 24.4 Å². The van der Waals surface area contributed by atoms with Gasteiger partial charge in [0.25, 0.3) is 5.91 Å². The van der Waals surface area contributed by atoms with Gasteiger partial charge in [-0.3, -0.25) is 14.4 Å². The highest BCUT2D eigenvalue weighted by Gasteiger charge is 2.38. The molecule has 0 aliphatic carbocycles. The second-order valence-corrected chi connectivity index (χ2v) is 10.6. The number of carbonyl (C=O) groups is 4. The molecule has 0 aliphatic rings. The SMILES string of the molecule is Cc1ccc(C)c(C(C(=O)Nc2c(C)cccc2Cl)N(CC#N)C(=O)C(CC(N)=O)NC(=O)OC(C)(C)C)c1. The Bertz CT molecular complexity index is 1280. The number of hydrogen-bond donors (Lipinski definition) is 3. The lowest BCUT2D eigenvalue weighted by molar-refractivity contribution is -0.141. The summed E-state index contributed by atoms with van der Waals surface area (Å²) in [6, 6.07) is 9.60. The highest BCUT2D eigenvalue weighted by molar-refractivity contribution is 6.34. The number of para-hydroxylation sites is 1. The lowest BCUT2D eigenvalue weighted by atomic mass is 9.95. The van der Waals surface area contributed by atoms with Gasteiger partial charge >= 0.3 is 6.09 Å². The molecule has 0 spiro atoms. The maximum atomic E-state index is 13.9. The van der Waals surface area contributed by atoms with Gasteiger partial charge in [0.2, 0.25) is 11.8 Å². The predicted octanol–water partition coefficient (Wildman–Crippen LogP) is 4.07. The predicted molar refractivity (Wildman–Crippen MR) is 148 cm³/mol. The van der Waals surface area contributed by atoms with Crippen LogP contribution in [0.25, 0.3) is 0 Å². The molecule has 2 atom stereocenters. The Morgan fingerprint density at radius 3 is 2.33 bits per heavy atom. The van der Waals surface area contributed by atoms with Crippen molar-refractivity contribution >= 4 is 41.1 Å². The Balaban J connectivity index is 2.62. The maximum absolute atomic E-state index is 13.9. The molecular weight excluding hydrogens is 522 g/mol. The standard InChI is InChI=1S/C28H34ClN5O5/c1-16-10-11-17(2)19(14-16)24(25(36)33-23-18(3)8-7-9-20(23)29)34(13-12-30)26(37)21(15-22(31)35)32-27(38)39-28(4,5)6/h7-11,14,21,24H,13,15H2,1-6H3,(H2,31,35)(H,32,38)(H,33,36). The van der Waals surface area contributed by atoms with E-state index >= 15 is 0 Å². The van der Waals surface area contributed by atoms with Crippen LogP contribution >= 0.6 is 11.6 Å². The van der Waals surface area contributed by atoms with E-state index in [4.69, 9.17) is 22.1 Å². The van der Waals surface area contributed by atoms with Gasteiger partial charge in [0, 0.05) is 0 Å². The summed E-state index contributed by atoms with van der Waals surface area (Å²) >= 11 is 6.34. The van der Waals surface area contributed by atoms with Crippen molar-refractivity contribution in [2.24, 2.45) is 5.73 Å². The molecule has 11 heteroatoms. The van der Waals surface area contributed by atoms with Crippen molar-refractivity contribution in [1.82, 2.24) is 10.2 Å². The molecule has 0 bridgehead atoms. The van der Waals surface area contributed by atoms with E-state index in [0.717, 1.165) is 10.5 Å². The molecule has 0 radical (unpaired) electrons. The largest absolute Gasteiger partial charge is 0.444 e. The lowest BCUT2D eigenvalue weighted by Gasteiger charge is -2.33. The first kappa shape index (κ1) is 31.1. The zero-order chi connectivity index (χ0) is 29.5. The number of ether oxygens (including phenoxy) is 1. The van der Waals surface area contributed by atoms with Gasteiger partial charge < -0.3 is 26.0 Å². The number of primary amides is 1. The van der Waals surface area contributed by atoms with Gasteiger partial charge in [0.05, 0.1) is 23.2 Å². The van der Waals surface area contributed by atoms with Gasteiger partial charge in [0.15, 0.2) is 0 Å². The molecule has 4 N–H and O–H groups in total. The fraction of sp³-hybridized carbons (Fsp3) is 0.393. The van der Waals surface area contributed by atoms with E-state index in [1.165, 1.54) is 0 Å². The number of nitrogens with zero attached hydrogens (tertiary/aromatic N) is 2. The minimum absolute atomic E-state index is 0.291. The van der Waals surface area contributed by atoms with Crippen LogP contribution in [0.15, 0.2) is 36.4 Å². The molecule has 0 fully saturated rings. The maximum Gasteiger partial charge on any atom is 0.408 e. The fourth-order valence-electron chi connectivity index (χ4n) is 3.91. The van der Waals surface area contributed by atoms with Crippen LogP contribution in [0, 0.1) is 32.1 Å². The zero-order valence-electron chi connectivity index (χ0n) is 22.9. The summed E-state index contributed by atoms with van der Waals surface area (Å²) in [5, 5.41) is 15.1. The molecule has 0 aliphatic heterocycles. The highest BCUT2D eigenvalue weighted by atomic mass is 35.5. The monoisotopic (exact) mass is 555 g/mol. The second kappa shape index (κ2) is 13.1. The molecule has 2 unspecified atom stereocenters. The summed E-state index contributed by atoms with van der Waals surface area (Å²) in [6.07, 6.45) is -1.54. The van der Waals surface area contributed by atoms with Crippen molar-refractivity contribution in [1.29, 1.82) is 5.26 Å². The molecule has 0 saturated carbocycles. The Labute approximate surface area is 233 Å². The third kappa shape index (κ3) is 8.72. The summed E-state index contributed by atoms with van der Waals surface area (Å²) < 4.78 is 5.24. The van der Waals surface area contributed by atoms with Crippen LogP contribution in [-0.4, -0.2) is 46.9 Å². The average molecular weight is 556 g/mol. The third-order valence-corrected chi connectivity index (χ3v) is 5.99. The molecule has 10 nitrogen and oxygen atoms in total. The summed E-state index contributed by atoms with van der Waals surface area (Å²) in [7, 11) is 0.